The largest absolute Gasteiger partial charge is 0.498 e. The number of hydrogen-bond donors (Lipinski definition) is 1. The van der Waals surface area contributed by atoms with Gasteiger partial charge in [-0.2, -0.15) is 0 Å². The van der Waals surface area contributed by atoms with Crippen LogP contribution in [-0.4, -0.2) is 63.0 Å². The summed E-state index contributed by atoms with van der Waals surface area (Å²) < 4.78 is 34.3. The van der Waals surface area contributed by atoms with Crippen molar-refractivity contribution in [1.29, 1.82) is 0 Å². The molecule has 0 aliphatic carbocycles. The lowest BCUT2D eigenvalue weighted by Gasteiger charge is -2.24. The van der Waals surface area contributed by atoms with Crippen molar-refractivity contribution < 1.29 is 32.5 Å². The number of quaternary nitrogens is 1. The molecule has 0 aromatic heterocycles. The first-order chi connectivity index (χ1) is 15.2. The van der Waals surface area contributed by atoms with E-state index in [9.17, 15) is 9.46 Å². The molecule has 190 valence electrons. The zero-order valence-corrected chi connectivity index (χ0v) is 22.1. The van der Waals surface area contributed by atoms with E-state index in [-0.39, 0.29) is 19.8 Å². The third-order valence-electron chi connectivity index (χ3n) is 4.73. The number of allylic oxidation sites excluding steroid dienone is 2. The second-order valence-electron chi connectivity index (χ2n) is 9.15. The summed E-state index contributed by atoms with van der Waals surface area (Å²) in [6, 6.07) is 0. The maximum Gasteiger partial charge on any atom is 0.472 e. The van der Waals surface area contributed by atoms with Crippen LogP contribution in [-0.2, 0) is 23.1 Å². The summed E-state index contributed by atoms with van der Waals surface area (Å²) in [5.41, 5.74) is 0. The molecule has 1 unspecified atom stereocenters. The van der Waals surface area contributed by atoms with Crippen LogP contribution in [0.1, 0.15) is 78.1 Å². The normalized spacial score (nSPS) is 15.3. The van der Waals surface area contributed by atoms with Gasteiger partial charge in [0.2, 0.25) is 0 Å². The van der Waals surface area contributed by atoms with Gasteiger partial charge in [0.25, 0.3) is 0 Å². The Hall–Kier alpha value is -0.850. The van der Waals surface area contributed by atoms with Gasteiger partial charge < -0.3 is 18.9 Å². The van der Waals surface area contributed by atoms with Gasteiger partial charge >= 0.3 is 7.82 Å². The number of nitrogens with zero attached hydrogens (tertiary/aromatic N) is 1. The number of hydrogen-bond acceptors (Lipinski definition) is 5. The highest BCUT2D eigenvalue weighted by atomic mass is 31.2. The molecule has 0 radical (unpaired) electrons. The van der Waals surface area contributed by atoms with Crippen LogP contribution >= 0.6 is 7.82 Å². The van der Waals surface area contributed by atoms with Gasteiger partial charge in [-0.05, 0) is 37.8 Å². The monoisotopic (exact) mass is 478 g/mol. The summed E-state index contributed by atoms with van der Waals surface area (Å²) in [6.45, 7) is 5.25. The molecule has 0 aromatic rings. The smallest absolute Gasteiger partial charge is 0.472 e. The first kappa shape index (κ1) is 31.1. The van der Waals surface area contributed by atoms with Crippen molar-refractivity contribution in [1.82, 2.24) is 0 Å². The molecule has 7 nitrogen and oxygen atoms in total. The van der Waals surface area contributed by atoms with E-state index < -0.39 is 13.9 Å². The molecule has 0 bridgehead atoms. The Balaban J connectivity index is 4.45. The van der Waals surface area contributed by atoms with E-state index >= 15 is 0 Å². The van der Waals surface area contributed by atoms with Gasteiger partial charge in [0.1, 0.15) is 19.8 Å². The highest BCUT2D eigenvalue weighted by molar-refractivity contribution is 7.47. The highest BCUT2D eigenvalue weighted by Gasteiger charge is 2.25. The van der Waals surface area contributed by atoms with Crippen molar-refractivity contribution in [3.8, 4) is 0 Å². The molecule has 0 aromatic carbocycles. The molecule has 0 rings (SSSR count). The van der Waals surface area contributed by atoms with Gasteiger partial charge in [-0.25, -0.2) is 4.57 Å². The van der Waals surface area contributed by atoms with Crippen molar-refractivity contribution in [3.05, 3.63) is 24.7 Å². The summed E-state index contributed by atoms with van der Waals surface area (Å²) in [5.74, 6) is 0. The molecule has 0 saturated heterocycles. The van der Waals surface area contributed by atoms with Crippen molar-refractivity contribution in [2.75, 3.05) is 47.5 Å². The molecule has 0 aliphatic rings. The summed E-state index contributed by atoms with van der Waals surface area (Å²) in [5, 5.41) is 0. The average Bonchev–Trinajstić information content (AvgIpc) is 2.71. The Morgan fingerprint density at radius 2 is 1.44 bits per heavy atom. The molecule has 0 amide bonds. The number of unbranched alkanes of at least 4 members (excludes halogenated alkanes) is 8. The first-order valence-electron chi connectivity index (χ1n) is 12.2. The molecule has 0 spiro atoms. The minimum Gasteiger partial charge on any atom is -0.498 e. The second kappa shape index (κ2) is 19.6. The summed E-state index contributed by atoms with van der Waals surface area (Å²) in [7, 11) is 1.82. The van der Waals surface area contributed by atoms with E-state index in [4.69, 9.17) is 18.5 Å². The van der Waals surface area contributed by atoms with Gasteiger partial charge in [-0.3, -0.25) is 9.05 Å². The zero-order valence-electron chi connectivity index (χ0n) is 21.2. The van der Waals surface area contributed by atoms with Crippen molar-refractivity contribution in [2.45, 2.75) is 84.2 Å². The van der Waals surface area contributed by atoms with E-state index in [2.05, 4.69) is 13.8 Å². The Labute approximate surface area is 197 Å². The lowest BCUT2D eigenvalue weighted by Crippen LogP contribution is -2.37. The van der Waals surface area contributed by atoms with E-state index in [0.29, 0.717) is 11.0 Å². The molecule has 0 fully saturated rings. The number of phosphoric ester groups is 1. The van der Waals surface area contributed by atoms with Crippen LogP contribution in [0, 0.1) is 0 Å². The SMILES string of the molecule is CCCCCCC=COC[C@H](COP(=O)(O)OCC[N+](C)(C)C)OC=CCCCCCC. The third kappa shape index (κ3) is 22.3. The summed E-state index contributed by atoms with van der Waals surface area (Å²) in [6.07, 6.45) is 18.3. The average molecular weight is 479 g/mol. The van der Waals surface area contributed by atoms with Crippen LogP contribution in [0.2, 0.25) is 0 Å². The predicted octanol–water partition coefficient (Wildman–Crippen LogP) is 6.20. The van der Waals surface area contributed by atoms with Crippen LogP contribution in [0.5, 0.6) is 0 Å². The minimum absolute atomic E-state index is 0.0946. The number of rotatable bonds is 22. The lowest BCUT2D eigenvalue weighted by atomic mass is 10.1. The van der Waals surface area contributed by atoms with Crippen LogP contribution in [0.25, 0.3) is 0 Å². The Morgan fingerprint density at radius 1 is 0.844 bits per heavy atom. The fourth-order valence-electron chi connectivity index (χ4n) is 2.68. The molecular weight excluding hydrogens is 429 g/mol. The van der Waals surface area contributed by atoms with Gasteiger partial charge in [-0.1, -0.05) is 52.4 Å². The molecule has 1 N–H and O–H groups in total. The highest BCUT2D eigenvalue weighted by Crippen LogP contribution is 2.43. The van der Waals surface area contributed by atoms with E-state index in [1.165, 1.54) is 38.5 Å². The van der Waals surface area contributed by atoms with Crippen LogP contribution in [0.4, 0.5) is 0 Å². The molecule has 0 heterocycles. The third-order valence-corrected chi connectivity index (χ3v) is 5.71. The minimum atomic E-state index is -4.14. The van der Waals surface area contributed by atoms with E-state index in [0.717, 1.165) is 25.7 Å². The molecule has 0 aliphatic heterocycles. The van der Waals surface area contributed by atoms with Crippen molar-refractivity contribution in [2.24, 2.45) is 0 Å². The zero-order chi connectivity index (χ0) is 24.1. The van der Waals surface area contributed by atoms with Crippen molar-refractivity contribution >= 4 is 7.82 Å². The molecular formula is C24H49NO6P+. The van der Waals surface area contributed by atoms with Crippen LogP contribution in [0.15, 0.2) is 24.7 Å². The Kier molecular flexibility index (Phi) is 19.1. The lowest BCUT2D eigenvalue weighted by molar-refractivity contribution is -0.870. The standard InChI is InChI=1S/C24H48NO6P/c1-6-8-10-12-14-16-19-28-22-24(29-20-17-15-13-11-9-7-2)23-31-32(26,27)30-21-18-25(3,4)5/h16-17,19-20,24H,6-15,18,21-23H2,1-5H3/p+1/t24-/m1/s1. The molecule has 32 heavy (non-hydrogen) atoms. The quantitative estimate of drug-likeness (QED) is 0.0865. The van der Waals surface area contributed by atoms with Gasteiger partial charge in [0, 0.05) is 0 Å². The summed E-state index contributed by atoms with van der Waals surface area (Å²) in [4.78, 5) is 9.94. The Bertz CT molecular complexity index is 533. The van der Waals surface area contributed by atoms with Gasteiger partial charge in [0.05, 0.1) is 40.3 Å². The molecule has 8 heteroatoms. The van der Waals surface area contributed by atoms with Gasteiger partial charge in [0.15, 0.2) is 6.10 Å². The van der Waals surface area contributed by atoms with E-state index in [1.807, 2.05) is 33.3 Å². The summed E-state index contributed by atoms with van der Waals surface area (Å²) >= 11 is 0. The number of phosphoric acid groups is 1. The second-order valence-corrected chi connectivity index (χ2v) is 10.6. The van der Waals surface area contributed by atoms with Crippen LogP contribution < -0.4 is 0 Å². The van der Waals surface area contributed by atoms with Crippen molar-refractivity contribution in [3.63, 3.8) is 0 Å². The van der Waals surface area contributed by atoms with E-state index in [1.54, 1.807) is 12.5 Å². The fraction of sp³-hybridized carbons (Fsp3) is 0.833. The maximum absolute atomic E-state index is 12.2. The molecule has 0 saturated carbocycles. The fourth-order valence-corrected chi connectivity index (χ4v) is 3.42. The van der Waals surface area contributed by atoms with Crippen LogP contribution in [0.3, 0.4) is 0 Å². The van der Waals surface area contributed by atoms with Gasteiger partial charge in [-0.15, -0.1) is 0 Å². The first-order valence-corrected chi connectivity index (χ1v) is 13.7. The number of ether oxygens (including phenoxy) is 2. The predicted molar refractivity (Wildman–Crippen MR) is 131 cm³/mol. The maximum atomic E-state index is 12.2. The molecule has 2 atom stereocenters. The Morgan fingerprint density at radius 3 is 2.00 bits per heavy atom. The number of likely N-dealkylation sites (N-methyl/N-ethyl adjacent to an activating group) is 1. The topological polar surface area (TPSA) is 74.2 Å².